The van der Waals surface area contributed by atoms with Gasteiger partial charge in [-0.1, -0.05) is 6.92 Å². The number of aromatic nitrogens is 4. The number of nitrogens with zero attached hydrogens (tertiary/aromatic N) is 4. The highest BCUT2D eigenvalue weighted by Gasteiger charge is 2.13. The Morgan fingerprint density at radius 3 is 2.71 bits per heavy atom. The molecule has 0 aliphatic heterocycles. The van der Waals surface area contributed by atoms with Gasteiger partial charge in [0.15, 0.2) is 3.70 Å². The van der Waals surface area contributed by atoms with Crippen molar-refractivity contribution < 1.29 is 0 Å². The summed E-state index contributed by atoms with van der Waals surface area (Å²) in [6, 6.07) is 0. The van der Waals surface area contributed by atoms with Crippen LogP contribution < -0.4 is 0 Å². The minimum absolute atomic E-state index is 0.913. The molecule has 0 amide bonds. The maximum Gasteiger partial charge on any atom is 0.151 e. The molecule has 0 bridgehead atoms. The summed E-state index contributed by atoms with van der Waals surface area (Å²) in [5.41, 5.74) is 4.27. The number of rotatable bonds is 1. The van der Waals surface area contributed by atoms with E-state index < -0.39 is 0 Å². The normalized spacial score (nSPS) is 11.1. The molecule has 2 aromatic rings. The summed E-state index contributed by atoms with van der Waals surface area (Å²) >= 11 is 2.19. The van der Waals surface area contributed by atoms with Gasteiger partial charge in [-0.15, -0.1) is 5.10 Å². The van der Waals surface area contributed by atoms with Crippen LogP contribution in [0.1, 0.15) is 18.2 Å². The molecule has 74 valence electrons. The summed E-state index contributed by atoms with van der Waals surface area (Å²) in [6.45, 7) is 4.12. The molecular formula is C9H11IN4. The van der Waals surface area contributed by atoms with E-state index in [0.717, 1.165) is 26.8 Å². The quantitative estimate of drug-likeness (QED) is 0.755. The van der Waals surface area contributed by atoms with Gasteiger partial charge >= 0.3 is 0 Å². The van der Waals surface area contributed by atoms with E-state index in [-0.39, 0.29) is 0 Å². The fourth-order valence-electron chi connectivity index (χ4n) is 1.69. The van der Waals surface area contributed by atoms with Gasteiger partial charge in [0.25, 0.3) is 0 Å². The van der Waals surface area contributed by atoms with Crippen molar-refractivity contribution in [2.75, 3.05) is 0 Å². The van der Waals surface area contributed by atoms with E-state index in [1.165, 1.54) is 5.56 Å². The van der Waals surface area contributed by atoms with E-state index in [4.69, 9.17) is 0 Å². The molecule has 5 heteroatoms. The predicted molar refractivity (Wildman–Crippen MR) is 63.1 cm³/mol. The van der Waals surface area contributed by atoms with Crippen LogP contribution in [0.15, 0.2) is 0 Å². The molecule has 2 rings (SSSR count). The molecule has 0 radical (unpaired) electrons. The third kappa shape index (κ3) is 1.30. The van der Waals surface area contributed by atoms with Crippen molar-refractivity contribution >= 4 is 33.6 Å². The molecule has 2 heterocycles. The number of fused-ring (bicyclic) bond motifs is 1. The van der Waals surface area contributed by atoms with Gasteiger partial charge in [-0.05, 0) is 35.9 Å². The molecule has 0 spiro atoms. The van der Waals surface area contributed by atoms with Gasteiger partial charge in [-0.25, -0.2) is 0 Å². The van der Waals surface area contributed by atoms with Crippen molar-refractivity contribution in [1.82, 2.24) is 20.0 Å². The minimum Gasteiger partial charge on any atom is -0.265 e. The van der Waals surface area contributed by atoms with Crippen molar-refractivity contribution in [3.05, 3.63) is 15.0 Å². The first-order chi connectivity index (χ1) is 6.65. The summed E-state index contributed by atoms with van der Waals surface area (Å²) in [4.78, 5) is 0. The molecular weight excluding hydrogens is 291 g/mol. The molecule has 14 heavy (non-hydrogen) atoms. The first-order valence-corrected chi connectivity index (χ1v) is 5.57. The molecule has 0 aliphatic rings. The number of hydrogen-bond acceptors (Lipinski definition) is 3. The second-order valence-electron chi connectivity index (χ2n) is 3.23. The van der Waals surface area contributed by atoms with E-state index in [2.05, 4.69) is 44.8 Å². The van der Waals surface area contributed by atoms with Gasteiger partial charge in [-0.2, -0.15) is 10.2 Å². The maximum absolute atomic E-state index is 4.34. The van der Waals surface area contributed by atoms with E-state index in [1.54, 1.807) is 0 Å². The van der Waals surface area contributed by atoms with Crippen LogP contribution in [0.5, 0.6) is 0 Å². The van der Waals surface area contributed by atoms with Crippen LogP contribution in [0.25, 0.3) is 11.0 Å². The molecule has 0 saturated heterocycles. The third-order valence-electron chi connectivity index (χ3n) is 2.36. The van der Waals surface area contributed by atoms with Crippen molar-refractivity contribution in [1.29, 1.82) is 0 Å². The standard InChI is InChI=1S/C9H11IN4/c1-4-6-5(2)11-12-7-8(6)14(3)13-9(7)10/h4H2,1-3H3. The Hall–Kier alpha value is -0.720. The maximum atomic E-state index is 4.34. The monoisotopic (exact) mass is 302 g/mol. The summed E-state index contributed by atoms with van der Waals surface area (Å²) in [7, 11) is 1.95. The van der Waals surface area contributed by atoms with Crippen LogP contribution in [0.4, 0.5) is 0 Å². The lowest BCUT2D eigenvalue weighted by atomic mass is 10.1. The third-order valence-corrected chi connectivity index (χ3v) is 3.08. The highest BCUT2D eigenvalue weighted by atomic mass is 127. The van der Waals surface area contributed by atoms with Gasteiger partial charge in [0, 0.05) is 12.6 Å². The second-order valence-corrected chi connectivity index (χ2v) is 4.25. The first-order valence-electron chi connectivity index (χ1n) is 4.49. The topological polar surface area (TPSA) is 43.6 Å². The van der Waals surface area contributed by atoms with Crippen LogP contribution in [0.2, 0.25) is 0 Å². The smallest absolute Gasteiger partial charge is 0.151 e. The van der Waals surface area contributed by atoms with Crippen LogP contribution in [0.3, 0.4) is 0 Å². The lowest BCUT2D eigenvalue weighted by Gasteiger charge is -2.03. The van der Waals surface area contributed by atoms with E-state index in [1.807, 2.05) is 18.7 Å². The molecule has 0 aliphatic carbocycles. The van der Waals surface area contributed by atoms with Crippen molar-refractivity contribution in [2.24, 2.45) is 7.05 Å². The molecule has 4 nitrogen and oxygen atoms in total. The van der Waals surface area contributed by atoms with E-state index in [9.17, 15) is 0 Å². The van der Waals surface area contributed by atoms with Crippen LogP contribution in [0, 0.1) is 10.6 Å². The number of halogens is 1. The Kier molecular flexibility index (Phi) is 2.42. The lowest BCUT2D eigenvalue weighted by Crippen LogP contribution is -1.99. The van der Waals surface area contributed by atoms with Gasteiger partial charge in [0.1, 0.15) is 5.52 Å². The Labute approximate surface area is 95.8 Å². The summed E-state index contributed by atoms with van der Waals surface area (Å²) in [5, 5.41) is 12.7. The van der Waals surface area contributed by atoms with Crippen molar-refractivity contribution in [3.8, 4) is 0 Å². The molecule has 0 aromatic carbocycles. The highest BCUT2D eigenvalue weighted by Crippen LogP contribution is 2.22. The first kappa shape index (κ1) is 9.82. The van der Waals surface area contributed by atoms with Crippen LogP contribution >= 0.6 is 22.6 Å². The zero-order valence-corrected chi connectivity index (χ0v) is 10.5. The molecule has 2 aromatic heterocycles. The molecule has 0 fully saturated rings. The SMILES string of the molecule is CCc1c(C)nnc2c(I)nn(C)c12. The summed E-state index contributed by atoms with van der Waals surface area (Å²) in [5.74, 6) is 0. The second kappa shape index (κ2) is 3.45. The molecule has 0 unspecified atom stereocenters. The summed E-state index contributed by atoms with van der Waals surface area (Å²) < 4.78 is 2.81. The Morgan fingerprint density at radius 1 is 1.36 bits per heavy atom. The molecule has 0 N–H and O–H groups in total. The lowest BCUT2D eigenvalue weighted by molar-refractivity contribution is 0.781. The Bertz CT molecular complexity index is 489. The fourth-order valence-corrected chi connectivity index (χ4v) is 2.37. The number of hydrogen-bond donors (Lipinski definition) is 0. The highest BCUT2D eigenvalue weighted by molar-refractivity contribution is 14.1. The van der Waals surface area contributed by atoms with Crippen molar-refractivity contribution in [2.45, 2.75) is 20.3 Å². The predicted octanol–water partition coefficient (Wildman–Crippen LogP) is 1.84. The van der Waals surface area contributed by atoms with Crippen LogP contribution in [-0.2, 0) is 13.5 Å². The van der Waals surface area contributed by atoms with Gasteiger partial charge in [-0.3, -0.25) is 4.68 Å². The van der Waals surface area contributed by atoms with E-state index in [0.29, 0.717) is 0 Å². The fraction of sp³-hybridized carbons (Fsp3) is 0.444. The Balaban J connectivity index is 2.92. The zero-order chi connectivity index (χ0) is 10.3. The van der Waals surface area contributed by atoms with Gasteiger partial charge in [0.2, 0.25) is 0 Å². The Morgan fingerprint density at radius 2 is 2.07 bits per heavy atom. The molecule has 0 saturated carbocycles. The average Bonchev–Trinajstić information content (AvgIpc) is 2.43. The van der Waals surface area contributed by atoms with Crippen molar-refractivity contribution in [3.63, 3.8) is 0 Å². The zero-order valence-electron chi connectivity index (χ0n) is 8.37. The molecule has 0 atom stereocenters. The largest absolute Gasteiger partial charge is 0.265 e. The average molecular weight is 302 g/mol. The van der Waals surface area contributed by atoms with E-state index >= 15 is 0 Å². The summed E-state index contributed by atoms with van der Waals surface area (Å²) in [6.07, 6.45) is 0.966. The van der Waals surface area contributed by atoms with Gasteiger partial charge in [0.05, 0.1) is 11.2 Å². The number of aryl methyl sites for hydroxylation is 3. The minimum atomic E-state index is 0.913. The van der Waals surface area contributed by atoms with Crippen LogP contribution in [-0.4, -0.2) is 20.0 Å². The van der Waals surface area contributed by atoms with Gasteiger partial charge < -0.3 is 0 Å².